The first-order valence-corrected chi connectivity index (χ1v) is 11.1. The molecule has 1 N–H and O–H groups in total. The van der Waals surface area contributed by atoms with Gasteiger partial charge in [0.25, 0.3) is 5.91 Å². The van der Waals surface area contributed by atoms with Crippen molar-refractivity contribution in [3.8, 4) is 17.3 Å². The van der Waals surface area contributed by atoms with E-state index >= 15 is 0 Å². The lowest BCUT2D eigenvalue weighted by Crippen LogP contribution is -2.31. The molecule has 0 radical (unpaired) electrons. The molecule has 0 aliphatic carbocycles. The molecule has 0 bridgehead atoms. The zero-order valence-corrected chi connectivity index (χ0v) is 18.1. The van der Waals surface area contributed by atoms with Gasteiger partial charge in [-0.3, -0.25) is 4.79 Å². The monoisotopic (exact) mass is 444 g/mol. The molecule has 0 atom stereocenters. The maximum Gasteiger partial charge on any atom is 0.271 e. The van der Waals surface area contributed by atoms with Crippen LogP contribution in [0.5, 0.6) is 5.88 Å². The van der Waals surface area contributed by atoms with Crippen molar-refractivity contribution in [1.29, 1.82) is 0 Å². The summed E-state index contributed by atoms with van der Waals surface area (Å²) in [5, 5.41) is 23.9. The molecule has 1 amide bonds. The number of nitrogens with zero attached hydrogens (tertiary/aromatic N) is 7. The van der Waals surface area contributed by atoms with E-state index in [1.54, 1.807) is 22.7 Å². The van der Waals surface area contributed by atoms with Crippen LogP contribution in [0.4, 0.5) is 5.82 Å². The minimum absolute atomic E-state index is 0.256. The number of nitrogens with one attached hydrogen (secondary N) is 1. The Balaban J connectivity index is 1.15. The van der Waals surface area contributed by atoms with Crippen LogP contribution >= 0.6 is 0 Å². The van der Waals surface area contributed by atoms with Gasteiger partial charge in [0, 0.05) is 24.7 Å². The molecule has 10 heteroatoms. The van der Waals surface area contributed by atoms with Gasteiger partial charge in [-0.1, -0.05) is 30.3 Å². The Hall–Kier alpha value is -4.08. The molecule has 0 spiro atoms. The van der Waals surface area contributed by atoms with Crippen molar-refractivity contribution in [1.82, 2.24) is 35.3 Å². The van der Waals surface area contributed by atoms with Crippen LogP contribution in [0.1, 0.15) is 29.8 Å². The number of ether oxygens (including phenoxy) is 1. The third-order valence-electron chi connectivity index (χ3n) is 5.47. The molecule has 1 aliphatic rings. The lowest BCUT2D eigenvalue weighted by Gasteiger charge is -2.27. The summed E-state index contributed by atoms with van der Waals surface area (Å²) in [5.41, 5.74) is 1.82. The second-order valence-corrected chi connectivity index (χ2v) is 7.76. The summed E-state index contributed by atoms with van der Waals surface area (Å²) in [4.78, 5) is 14.6. The second kappa shape index (κ2) is 9.60. The Morgan fingerprint density at radius 2 is 1.76 bits per heavy atom. The highest BCUT2D eigenvalue weighted by atomic mass is 16.5. The highest BCUT2D eigenvalue weighted by Crippen LogP contribution is 2.19. The van der Waals surface area contributed by atoms with Crippen LogP contribution in [0, 0.1) is 0 Å². The lowest BCUT2D eigenvalue weighted by atomic mass is 10.1. The number of hydrogen-bond acceptors (Lipinski definition) is 8. The third-order valence-corrected chi connectivity index (χ3v) is 5.47. The first-order valence-electron chi connectivity index (χ1n) is 11.1. The van der Waals surface area contributed by atoms with Gasteiger partial charge < -0.3 is 15.0 Å². The first kappa shape index (κ1) is 20.8. The summed E-state index contributed by atoms with van der Waals surface area (Å²) >= 11 is 0. The standard InChI is InChI=1S/C23H24N8O2/c32-23(18-9-10-19(26-25-18)30-14-5-2-6-15-30)24-13-16-33-21-12-11-20-27-28-22(31(20)29-21)17-7-3-1-4-8-17/h1,3-4,7-12H,2,5-6,13-16H2,(H,24,32). The molecule has 1 fully saturated rings. The fourth-order valence-corrected chi connectivity index (χ4v) is 3.76. The fourth-order valence-electron chi connectivity index (χ4n) is 3.76. The topological polar surface area (TPSA) is 110 Å². The van der Waals surface area contributed by atoms with Gasteiger partial charge >= 0.3 is 0 Å². The van der Waals surface area contributed by atoms with E-state index < -0.39 is 0 Å². The molecule has 5 rings (SSSR count). The Labute approximate surface area is 190 Å². The Kier molecular flexibility index (Phi) is 6.05. The number of hydrogen-bond donors (Lipinski definition) is 1. The molecular weight excluding hydrogens is 420 g/mol. The van der Waals surface area contributed by atoms with E-state index in [9.17, 15) is 4.79 Å². The second-order valence-electron chi connectivity index (χ2n) is 7.76. The highest BCUT2D eigenvalue weighted by molar-refractivity contribution is 5.92. The van der Waals surface area contributed by atoms with Crippen LogP contribution in [0.25, 0.3) is 17.0 Å². The third kappa shape index (κ3) is 4.74. The van der Waals surface area contributed by atoms with Gasteiger partial charge in [-0.15, -0.1) is 25.5 Å². The molecule has 1 saturated heterocycles. The summed E-state index contributed by atoms with van der Waals surface area (Å²) in [5.74, 6) is 1.58. The zero-order valence-electron chi connectivity index (χ0n) is 18.1. The number of anilines is 1. The molecule has 0 saturated carbocycles. The summed E-state index contributed by atoms with van der Waals surface area (Å²) < 4.78 is 7.36. The van der Waals surface area contributed by atoms with Crippen molar-refractivity contribution in [2.24, 2.45) is 0 Å². The van der Waals surface area contributed by atoms with Crippen LogP contribution in [-0.4, -0.2) is 62.2 Å². The molecule has 4 aromatic rings. The number of fused-ring (bicyclic) bond motifs is 1. The molecule has 33 heavy (non-hydrogen) atoms. The predicted molar refractivity (Wildman–Crippen MR) is 122 cm³/mol. The van der Waals surface area contributed by atoms with E-state index in [2.05, 4.69) is 35.7 Å². The van der Waals surface area contributed by atoms with E-state index in [4.69, 9.17) is 4.74 Å². The predicted octanol–water partition coefficient (Wildman–Crippen LogP) is 2.38. The Bertz CT molecular complexity index is 1220. The molecular formula is C23H24N8O2. The number of carbonyl (C=O) groups is 1. The van der Waals surface area contributed by atoms with Crippen LogP contribution < -0.4 is 15.0 Å². The fraction of sp³-hybridized carbons (Fsp3) is 0.304. The number of piperidine rings is 1. The number of amides is 1. The maximum absolute atomic E-state index is 12.4. The number of rotatable bonds is 7. The van der Waals surface area contributed by atoms with Crippen molar-refractivity contribution in [3.05, 3.63) is 60.3 Å². The highest BCUT2D eigenvalue weighted by Gasteiger charge is 2.14. The van der Waals surface area contributed by atoms with E-state index in [0.717, 1.165) is 37.3 Å². The quantitative estimate of drug-likeness (QED) is 0.433. The summed E-state index contributed by atoms with van der Waals surface area (Å²) in [6, 6.07) is 16.8. The lowest BCUT2D eigenvalue weighted by molar-refractivity contribution is 0.0940. The van der Waals surface area contributed by atoms with Crippen LogP contribution in [0.2, 0.25) is 0 Å². The number of aromatic nitrogens is 6. The molecule has 1 aromatic carbocycles. The van der Waals surface area contributed by atoms with Crippen molar-refractivity contribution in [2.75, 3.05) is 31.1 Å². The molecule has 3 aromatic heterocycles. The van der Waals surface area contributed by atoms with E-state index in [1.165, 1.54) is 6.42 Å². The van der Waals surface area contributed by atoms with Crippen LogP contribution in [0.15, 0.2) is 54.6 Å². The Morgan fingerprint density at radius 3 is 2.55 bits per heavy atom. The SMILES string of the molecule is O=C(NCCOc1ccc2nnc(-c3ccccc3)n2n1)c1ccc(N2CCCCC2)nn1. The Morgan fingerprint density at radius 1 is 0.909 bits per heavy atom. The van der Waals surface area contributed by atoms with Gasteiger partial charge in [-0.05, 0) is 37.5 Å². The van der Waals surface area contributed by atoms with Crippen molar-refractivity contribution >= 4 is 17.4 Å². The van der Waals surface area contributed by atoms with E-state index in [-0.39, 0.29) is 18.2 Å². The molecule has 4 heterocycles. The average molecular weight is 444 g/mol. The minimum Gasteiger partial charge on any atom is -0.475 e. The van der Waals surface area contributed by atoms with Gasteiger partial charge in [0.2, 0.25) is 5.88 Å². The van der Waals surface area contributed by atoms with Gasteiger partial charge in [-0.25, -0.2) is 0 Å². The first-order chi connectivity index (χ1) is 16.3. The smallest absolute Gasteiger partial charge is 0.271 e. The molecule has 0 unspecified atom stereocenters. The van der Waals surface area contributed by atoms with Crippen molar-refractivity contribution in [2.45, 2.75) is 19.3 Å². The van der Waals surface area contributed by atoms with Gasteiger partial charge in [0.05, 0.1) is 6.54 Å². The van der Waals surface area contributed by atoms with Gasteiger partial charge in [0.15, 0.2) is 23.0 Å². The largest absolute Gasteiger partial charge is 0.475 e. The number of carbonyl (C=O) groups excluding carboxylic acids is 1. The molecule has 1 aliphatic heterocycles. The van der Waals surface area contributed by atoms with Crippen molar-refractivity contribution < 1.29 is 9.53 Å². The summed E-state index contributed by atoms with van der Waals surface area (Å²) in [6.45, 7) is 2.53. The summed E-state index contributed by atoms with van der Waals surface area (Å²) in [6.07, 6.45) is 3.58. The van der Waals surface area contributed by atoms with Crippen LogP contribution in [-0.2, 0) is 0 Å². The average Bonchev–Trinajstić information content (AvgIpc) is 3.31. The van der Waals surface area contributed by atoms with E-state index in [0.29, 0.717) is 23.9 Å². The zero-order chi connectivity index (χ0) is 22.5. The van der Waals surface area contributed by atoms with Gasteiger partial charge in [0.1, 0.15) is 6.61 Å². The van der Waals surface area contributed by atoms with Gasteiger partial charge in [-0.2, -0.15) is 4.52 Å². The maximum atomic E-state index is 12.4. The normalized spacial score (nSPS) is 13.8. The summed E-state index contributed by atoms with van der Waals surface area (Å²) in [7, 11) is 0. The molecule has 10 nitrogen and oxygen atoms in total. The van der Waals surface area contributed by atoms with Crippen LogP contribution in [0.3, 0.4) is 0 Å². The minimum atomic E-state index is -0.287. The molecule has 168 valence electrons. The van der Waals surface area contributed by atoms with E-state index in [1.807, 2.05) is 36.4 Å². The van der Waals surface area contributed by atoms with Crippen molar-refractivity contribution in [3.63, 3.8) is 0 Å². The number of benzene rings is 1.